The average molecular weight is 651 g/mol. The molecule has 2 atom stereocenters. The molecule has 0 aromatic rings. The Bertz CT molecular complexity index is 860. The van der Waals surface area contributed by atoms with Crippen molar-refractivity contribution in [1.82, 2.24) is 0 Å². The zero-order chi connectivity index (χ0) is 34.3. The lowest BCUT2D eigenvalue weighted by Crippen LogP contribution is -2.50. The number of likely N-dealkylation sites (N-methyl/N-ethyl adjacent to an activating group) is 1. The van der Waals surface area contributed by atoms with E-state index in [1.54, 1.807) is 0 Å². The van der Waals surface area contributed by atoms with E-state index in [0.717, 1.165) is 32.1 Å². The maximum atomic E-state index is 12.5. The normalized spacial score (nSPS) is 13.5. The van der Waals surface area contributed by atoms with Crippen molar-refractivity contribution in [3.05, 3.63) is 36.5 Å². The Morgan fingerprint density at radius 2 is 1.26 bits per heavy atom. The molecule has 0 fully saturated rings. The number of carboxylic acid groups (broad SMARTS) is 1. The van der Waals surface area contributed by atoms with Crippen LogP contribution >= 0.6 is 0 Å². The number of hydrogen-bond donors (Lipinski definition) is 1. The first-order valence-electron chi connectivity index (χ1n) is 18.0. The van der Waals surface area contributed by atoms with E-state index in [2.05, 4.69) is 38.2 Å². The molecule has 0 aliphatic heterocycles. The van der Waals surface area contributed by atoms with Gasteiger partial charge in [-0.05, 0) is 51.4 Å². The second-order valence-electron chi connectivity index (χ2n) is 13.1. The van der Waals surface area contributed by atoms with E-state index in [1.165, 1.54) is 64.2 Å². The van der Waals surface area contributed by atoms with E-state index in [0.29, 0.717) is 19.3 Å². The second-order valence-corrected chi connectivity index (χ2v) is 13.1. The lowest BCUT2D eigenvalue weighted by molar-refractivity contribution is -0.887. The summed E-state index contributed by atoms with van der Waals surface area (Å²) in [5.74, 6) is -1.57. The van der Waals surface area contributed by atoms with Gasteiger partial charge in [-0.3, -0.25) is 9.59 Å². The van der Waals surface area contributed by atoms with Crippen LogP contribution < -0.4 is 0 Å². The molecule has 0 amide bonds. The van der Waals surface area contributed by atoms with Crippen molar-refractivity contribution in [3.63, 3.8) is 0 Å². The van der Waals surface area contributed by atoms with Crippen molar-refractivity contribution < 1.29 is 38.2 Å². The maximum Gasteiger partial charge on any atom is 0.362 e. The van der Waals surface area contributed by atoms with Crippen LogP contribution in [0.1, 0.15) is 136 Å². The first-order valence-corrected chi connectivity index (χ1v) is 18.0. The number of ether oxygens (including phenoxy) is 3. The number of nitrogens with zero attached hydrogens (tertiary/aromatic N) is 1. The zero-order valence-electron chi connectivity index (χ0n) is 30.0. The van der Waals surface area contributed by atoms with Gasteiger partial charge in [0.15, 0.2) is 12.1 Å². The van der Waals surface area contributed by atoms with Crippen LogP contribution in [0.5, 0.6) is 0 Å². The molecular weight excluding hydrogens is 582 g/mol. The summed E-state index contributed by atoms with van der Waals surface area (Å²) in [4.78, 5) is 36.5. The Hall–Kier alpha value is -2.45. The van der Waals surface area contributed by atoms with E-state index < -0.39 is 18.1 Å². The van der Waals surface area contributed by atoms with Crippen molar-refractivity contribution in [2.45, 2.75) is 148 Å². The van der Waals surface area contributed by atoms with Gasteiger partial charge in [0, 0.05) is 19.3 Å². The van der Waals surface area contributed by atoms with Crippen molar-refractivity contribution >= 4 is 17.9 Å². The van der Waals surface area contributed by atoms with Crippen LogP contribution in [0.3, 0.4) is 0 Å². The lowest BCUT2D eigenvalue weighted by Gasteiger charge is -2.31. The van der Waals surface area contributed by atoms with Crippen molar-refractivity contribution in [3.8, 4) is 0 Å². The fourth-order valence-corrected chi connectivity index (χ4v) is 4.97. The number of carboxylic acids is 1. The van der Waals surface area contributed by atoms with Gasteiger partial charge >= 0.3 is 17.9 Å². The van der Waals surface area contributed by atoms with Gasteiger partial charge in [-0.25, -0.2) is 4.79 Å². The first kappa shape index (κ1) is 43.5. The zero-order valence-corrected chi connectivity index (χ0v) is 30.0. The highest BCUT2D eigenvalue weighted by Gasteiger charge is 2.31. The summed E-state index contributed by atoms with van der Waals surface area (Å²) < 4.78 is 17.0. The Labute approximate surface area is 281 Å². The number of esters is 2. The largest absolute Gasteiger partial charge is 0.477 e. The van der Waals surface area contributed by atoms with Crippen LogP contribution in [-0.2, 0) is 28.6 Å². The molecule has 0 bridgehead atoms. The third-order valence-corrected chi connectivity index (χ3v) is 7.79. The number of allylic oxidation sites excluding steroid dienone is 6. The molecule has 0 aliphatic carbocycles. The molecule has 266 valence electrons. The Morgan fingerprint density at radius 1 is 0.674 bits per heavy atom. The summed E-state index contributed by atoms with van der Waals surface area (Å²) in [6, 6.07) is -0.621. The number of quaternary nitrogens is 1. The van der Waals surface area contributed by atoms with Gasteiger partial charge in [-0.1, -0.05) is 102 Å². The summed E-state index contributed by atoms with van der Waals surface area (Å²) in [7, 11) is 5.48. The molecule has 8 heteroatoms. The number of carbonyl (C=O) groups is 3. The fourth-order valence-electron chi connectivity index (χ4n) is 4.97. The molecular formula is C38H68NO7+. The number of carbonyl (C=O) groups excluding carboxylic acids is 2. The average Bonchev–Trinajstić information content (AvgIpc) is 3.00. The summed E-state index contributed by atoms with van der Waals surface area (Å²) >= 11 is 0. The smallest absolute Gasteiger partial charge is 0.362 e. The monoisotopic (exact) mass is 650 g/mol. The first-order chi connectivity index (χ1) is 22.1. The van der Waals surface area contributed by atoms with Crippen LogP contribution in [0, 0.1) is 0 Å². The number of aliphatic carboxylic acids is 1. The molecule has 0 rings (SSSR count). The van der Waals surface area contributed by atoms with Crippen LogP contribution in [0.15, 0.2) is 36.5 Å². The molecule has 0 saturated heterocycles. The van der Waals surface area contributed by atoms with Crippen LogP contribution in [0.25, 0.3) is 0 Å². The minimum absolute atomic E-state index is 0.0366. The molecule has 0 aromatic carbocycles. The molecule has 0 spiro atoms. The standard InChI is InChI=1S/C38H67NO7/c1-6-8-10-12-14-15-16-17-18-19-20-21-23-24-26-28-36(40)45-33-34(32-44-31-30-35(38(42)43)39(3,4)5)46-37(41)29-27-25-22-13-11-9-7-2/h9,11,15-16,22,25,34-35H,6-8,10,12-14,17-21,23-24,26-33H2,1-5H3/p+1/b11-9+,16-15+,25-22+. The summed E-state index contributed by atoms with van der Waals surface area (Å²) in [5, 5.41) is 9.54. The third kappa shape index (κ3) is 27.8. The Kier molecular flexibility index (Phi) is 28.3. The van der Waals surface area contributed by atoms with E-state index in [9.17, 15) is 19.5 Å². The van der Waals surface area contributed by atoms with Crippen LogP contribution in [0.2, 0.25) is 0 Å². The van der Waals surface area contributed by atoms with E-state index >= 15 is 0 Å². The van der Waals surface area contributed by atoms with Gasteiger partial charge < -0.3 is 23.8 Å². The Morgan fingerprint density at radius 3 is 1.87 bits per heavy atom. The van der Waals surface area contributed by atoms with Gasteiger partial charge in [0.05, 0.1) is 34.4 Å². The molecule has 0 radical (unpaired) electrons. The highest BCUT2D eigenvalue weighted by atomic mass is 16.6. The predicted molar refractivity (Wildman–Crippen MR) is 188 cm³/mol. The highest BCUT2D eigenvalue weighted by molar-refractivity contribution is 5.72. The predicted octanol–water partition coefficient (Wildman–Crippen LogP) is 8.74. The van der Waals surface area contributed by atoms with Crippen LogP contribution in [0.4, 0.5) is 0 Å². The highest BCUT2D eigenvalue weighted by Crippen LogP contribution is 2.12. The van der Waals surface area contributed by atoms with E-state index in [4.69, 9.17) is 14.2 Å². The molecule has 0 heterocycles. The van der Waals surface area contributed by atoms with Crippen LogP contribution in [-0.4, -0.2) is 80.6 Å². The SMILES string of the molecule is CC/C=C/C/C=C/CCC(=O)OC(COCCC(C(=O)O)[N+](C)(C)C)COC(=O)CCCCCCCCC/C=C/CCCCCC. The minimum atomic E-state index is -0.887. The molecule has 0 aromatic heterocycles. The van der Waals surface area contributed by atoms with Gasteiger partial charge in [0.25, 0.3) is 0 Å². The van der Waals surface area contributed by atoms with Gasteiger partial charge in [0.1, 0.15) is 6.61 Å². The Balaban J connectivity index is 4.39. The molecule has 46 heavy (non-hydrogen) atoms. The minimum Gasteiger partial charge on any atom is -0.477 e. The fraction of sp³-hybridized carbons (Fsp3) is 0.763. The van der Waals surface area contributed by atoms with Crippen molar-refractivity contribution in [1.29, 1.82) is 0 Å². The quantitative estimate of drug-likeness (QED) is 0.0347. The summed E-state index contributed by atoms with van der Waals surface area (Å²) in [5.41, 5.74) is 0. The summed E-state index contributed by atoms with van der Waals surface area (Å²) in [6.45, 7) is 4.48. The number of rotatable bonds is 31. The maximum absolute atomic E-state index is 12.5. The van der Waals surface area contributed by atoms with Gasteiger partial charge in [-0.15, -0.1) is 0 Å². The van der Waals surface area contributed by atoms with E-state index in [-0.39, 0.29) is 42.7 Å². The number of hydrogen-bond acceptors (Lipinski definition) is 6. The molecule has 2 unspecified atom stereocenters. The topological polar surface area (TPSA) is 99.1 Å². The molecule has 0 saturated carbocycles. The van der Waals surface area contributed by atoms with E-state index in [1.807, 2.05) is 33.3 Å². The van der Waals surface area contributed by atoms with Gasteiger partial charge in [0.2, 0.25) is 0 Å². The number of unbranched alkanes of at least 4 members (excludes halogenated alkanes) is 11. The molecule has 1 N–H and O–H groups in total. The lowest BCUT2D eigenvalue weighted by atomic mass is 10.1. The van der Waals surface area contributed by atoms with Crippen molar-refractivity contribution in [2.75, 3.05) is 41.0 Å². The third-order valence-electron chi connectivity index (χ3n) is 7.79. The summed E-state index contributed by atoms with van der Waals surface area (Å²) in [6.07, 6.45) is 30.8. The molecule has 0 aliphatic rings. The van der Waals surface area contributed by atoms with Gasteiger partial charge in [-0.2, -0.15) is 0 Å². The van der Waals surface area contributed by atoms with Crippen molar-refractivity contribution in [2.24, 2.45) is 0 Å². The second kappa shape index (κ2) is 29.9. The molecule has 8 nitrogen and oxygen atoms in total.